The molecule has 1 unspecified atom stereocenters. The summed E-state index contributed by atoms with van der Waals surface area (Å²) in [6.45, 7) is 2.76. The number of benzene rings is 1. The molecule has 0 saturated carbocycles. The highest BCUT2D eigenvalue weighted by atomic mass is 15.6. The van der Waals surface area contributed by atoms with E-state index in [4.69, 9.17) is 0 Å². The van der Waals surface area contributed by atoms with E-state index >= 15 is 0 Å². The van der Waals surface area contributed by atoms with Gasteiger partial charge in [0.15, 0.2) is 0 Å². The molecule has 4 nitrogen and oxygen atoms in total. The number of rotatable bonds is 2. The standard InChI is InChI=1S/C14H14N4/c1-11-4-2-6-13(8-11)18-14(10-16-17-18)12-5-3-7-15-9-12/h2-9,14H,10H2,1H3. The summed E-state index contributed by atoms with van der Waals surface area (Å²) in [4.78, 5) is 4.16. The van der Waals surface area contributed by atoms with E-state index in [0.717, 1.165) is 11.3 Å². The minimum atomic E-state index is 0.153. The minimum absolute atomic E-state index is 0.153. The second-order valence-electron chi connectivity index (χ2n) is 4.40. The predicted molar refractivity (Wildman–Crippen MR) is 70.4 cm³/mol. The number of aromatic nitrogens is 1. The first-order chi connectivity index (χ1) is 8.84. The highest BCUT2D eigenvalue weighted by Gasteiger charge is 2.25. The van der Waals surface area contributed by atoms with Crippen LogP contribution >= 0.6 is 0 Å². The average Bonchev–Trinajstić information content (AvgIpc) is 2.89. The van der Waals surface area contributed by atoms with Gasteiger partial charge in [-0.15, -0.1) is 0 Å². The first-order valence-corrected chi connectivity index (χ1v) is 5.98. The molecular formula is C14H14N4. The Hall–Kier alpha value is -2.23. The van der Waals surface area contributed by atoms with Gasteiger partial charge in [-0.2, -0.15) is 5.11 Å². The van der Waals surface area contributed by atoms with Crippen molar-refractivity contribution in [3.63, 3.8) is 0 Å². The van der Waals surface area contributed by atoms with Crippen molar-refractivity contribution in [2.24, 2.45) is 10.3 Å². The van der Waals surface area contributed by atoms with Gasteiger partial charge < -0.3 is 0 Å². The van der Waals surface area contributed by atoms with Crippen LogP contribution in [0.5, 0.6) is 0 Å². The van der Waals surface area contributed by atoms with Crippen molar-refractivity contribution >= 4 is 5.69 Å². The molecule has 1 aliphatic rings. The van der Waals surface area contributed by atoms with Crippen LogP contribution in [0.2, 0.25) is 0 Å². The molecule has 4 heteroatoms. The molecule has 18 heavy (non-hydrogen) atoms. The summed E-state index contributed by atoms with van der Waals surface area (Å²) in [6.07, 6.45) is 3.66. The van der Waals surface area contributed by atoms with Gasteiger partial charge in [-0.1, -0.05) is 23.4 Å². The molecule has 2 aromatic rings. The molecular weight excluding hydrogens is 224 g/mol. The van der Waals surface area contributed by atoms with E-state index in [2.05, 4.69) is 46.5 Å². The summed E-state index contributed by atoms with van der Waals surface area (Å²) in [5.74, 6) is 0. The van der Waals surface area contributed by atoms with Crippen molar-refractivity contribution in [3.8, 4) is 0 Å². The molecule has 0 bridgehead atoms. The van der Waals surface area contributed by atoms with E-state index in [0.29, 0.717) is 6.54 Å². The summed E-state index contributed by atoms with van der Waals surface area (Å²) in [7, 11) is 0. The van der Waals surface area contributed by atoms with Gasteiger partial charge in [0, 0.05) is 12.4 Å². The Morgan fingerprint density at radius 3 is 2.94 bits per heavy atom. The third-order valence-electron chi connectivity index (χ3n) is 3.04. The van der Waals surface area contributed by atoms with Crippen LogP contribution in [0.1, 0.15) is 17.2 Å². The van der Waals surface area contributed by atoms with Gasteiger partial charge >= 0.3 is 0 Å². The quantitative estimate of drug-likeness (QED) is 0.805. The number of hydrogen-bond acceptors (Lipinski definition) is 4. The van der Waals surface area contributed by atoms with Gasteiger partial charge in [0.25, 0.3) is 0 Å². The van der Waals surface area contributed by atoms with Gasteiger partial charge in [-0.05, 0) is 36.2 Å². The summed E-state index contributed by atoms with van der Waals surface area (Å²) < 4.78 is 0. The van der Waals surface area contributed by atoms with Crippen LogP contribution in [0.3, 0.4) is 0 Å². The summed E-state index contributed by atoms with van der Waals surface area (Å²) in [6, 6.07) is 12.5. The molecule has 0 N–H and O–H groups in total. The first kappa shape index (κ1) is 10.9. The summed E-state index contributed by atoms with van der Waals surface area (Å²) in [5, 5.41) is 10.3. The van der Waals surface area contributed by atoms with Crippen molar-refractivity contribution in [2.45, 2.75) is 13.0 Å². The Morgan fingerprint density at radius 1 is 1.22 bits per heavy atom. The molecule has 0 saturated heterocycles. The van der Waals surface area contributed by atoms with Crippen LogP contribution in [-0.2, 0) is 0 Å². The zero-order valence-electron chi connectivity index (χ0n) is 10.2. The van der Waals surface area contributed by atoms with Crippen molar-refractivity contribution in [1.82, 2.24) is 4.98 Å². The van der Waals surface area contributed by atoms with Gasteiger partial charge in [0.2, 0.25) is 0 Å². The van der Waals surface area contributed by atoms with E-state index in [1.165, 1.54) is 5.56 Å². The molecule has 0 spiro atoms. The van der Waals surface area contributed by atoms with Crippen LogP contribution in [0.25, 0.3) is 0 Å². The molecule has 0 amide bonds. The third-order valence-corrected chi connectivity index (χ3v) is 3.04. The molecule has 1 aromatic carbocycles. The highest BCUT2D eigenvalue weighted by molar-refractivity contribution is 5.50. The molecule has 1 aliphatic heterocycles. The number of pyridine rings is 1. The monoisotopic (exact) mass is 238 g/mol. The van der Waals surface area contributed by atoms with Crippen LogP contribution < -0.4 is 5.01 Å². The number of hydrogen-bond donors (Lipinski definition) is 0. The lowest BCUT2D eigenvalue weighted by molar-refractivity contribution is 0.728. The summed E-state index contributed by atoms with van der Waals surface area (Å²) >= 11 is 0. The molecule has 0 radical (unpaired) electrons. The SMILES string of the molecule is Cc1cccc(N2N=NCC2c2cccnc2)c1. The fourth-order valence-corrected chi connectivity index (χ4v) is 2.14. The second-order valence-corrected chi connectivity index (χ2v) is 4.40. The number of anilines is 1. The van der Waals surface area contributed by atoms with E-state index in [1.54, 1.807) is 6.20 Å². The Morgan fingerprint density at radius 2 is 2.17 bits per heavy atom. The zero-order chi connectivity index (χ0) is 12.4. The number of nitrogens with zero attached hydrogens (tertiary/aromatic N) is 4. The maximum absolute atomic E-state index is 4.24. The lowest BCUT2D eigenvalue weighted by Crippen LogP contribution is -2.20. The van der Waals surface area contributed by atoms with Crippen molar-refractivity contribution < 1.29 is 0 Å². The lowest BCUT2D eigenvalue weighted by Gasteiger charge is -2.22. The molecule has 1 aromatic heterocycles. The number of aryl methyl sites for hydroxylation is 1. The van der Waals surface area contributed by atoms with Gasteiger partial charge in [-0.25, -0.2) is 5.01 Å². The van der Waals surface area contributed by atoms with Crippen LogP contribution in [-0.4, -0.2) is 11.5 Å². The Balaban J connectivity index is 1.94. The highest BCUT2D eigenvalue weighted by Crippen LogP contribution is 2.31. The van der Waals surface area contributed by atoms with E-state index in [-0.39, 0.29) is 6.04 Å². The van der Waals surface area contributed by atoms with Crippen LogP contribution in [0, 0.1) is 6.92 Å². The predicted octanol–water partition coefficient (Wildman–Crippen LogP) is 3.32. The second kappa shape index (κ2) is 4.56. The molecule has 90 valence electrons. The molecule has 1 atom stereocenters. The Labute approximate surface area is 106 Å². The van der Waals surface area contributed by atoms with Crippen LogP contribution in [0.15, 0.2) is 59.1 Å². The molecule has 0 fully saturated rings. The topological polar surface area (TPSA) is 40.9 Å². The van der Waals surface area contributed by atoms with Crippen LogP contribution in [0.4, 0.5) is 5.69 Å². The van der Waals surface area contributed by atoms with E-state index in [9.17, 15) is 0 Å². The fraction of sp³-hybridized carbons (Fsp3) is 0.214. The summed E-state index contributed by atoms with van der Waals surface area (Å²) in [5.41, 5.74) is 3.44. The minimum Gasteiger partial charge on any atom is -0.264 e. The molecule has 3 rings (SSSR count). The fourth-order valence-electron chi connectivity index (χ4n) is 2.14. The third kappa shape index (κ3) is 1.97. The average molecular weight is 238 g/mol. The van der Waals surface area contributed by atoms with E-state index < -0.39 is 0 Å². The molecule has 2 heterocycles. The van der Waals surface area contributed by atoms with Gasteiger partial charge in [-0.3, -0.25) is 4.98 Å². The largest absolute Gasteiger partial charge is 0.264 e. The maximum atomic E-state index is 4.24. The zero-order valence-corrected chi connectivity index (χ0v) is 10.2. The Bertz CT molecular complexity index is 565. The van der Waals surface area contributed by atoms with Gasteiger partial charge in [0.1, 0.15) is 6.04 Å². The van der Waals surface area contributed by atoms with Crippen molar-refractivity contribution in [1.29, 1.82) is 0 Å². The van der Waals surface area contributed by atoms with Gasteiger partial charge in [0.05, 0.1) is 12.2 Å². The molecule has 0 aliphatic carbocycles. The van der Waals surface area contributed by atoms with Crippen molar-refractivity contribution in [2.75, 3.05) is 11.6 Å². The Kier molecular flexibility index (Phi) is 2.76. The maximum Gasteiger partial charge on any atom is 0.102 e. The first-order valence-electron chi connectivity index (χ1n) is 5.98. The normalized spacial score (nSPS) is 18.3. The smallest absolute Gasteiger partial charge is 0.102 e. The van der Waals surface area contributed by atoms with E-state index in [1.807, 2.05) is 23.3 Å². The lowest BCUT2D eigenvalue weighted by atomic mass is 10.1. The van der Waals surface area contributed by atoms with Crippen molar-refractivity contribution in [3.05, 3.63) is 59.9 Å².